The number of thiophene rings is 1. The summed E-state index contributed by atoms with van der Waals surface area (Å²) in [5.41, 5.74) is 0. The lowest BCUT2D eigenvalue weighted by Gasteiger charge is -2.28. The number of nitrogens with one attached hydrogen (secondary N) is 1. The largest absolute Gasteiger partial charge is 0.477 e. The van der Waals surface area contributed by atoms with Gasteiger partial charge in [0.25, 0.3) is 0 Å². The molecular formula is C14H21NO4S2. The van der Waals surface area contributed by atoms with E-state index < -0.39 is 16.0 Å². The normalized spacial score (nSPS) is 23.1. The molecule has 0 spiro atoms. The molecule has 2 N–H and O–H groups in total. The van der Waals surface area contributed by atoms with Crippen LogP contribution in [0.4, 0.5) is 0 Å². The molecule has 0 saturated heterocycles. The fraction of sp³-hybridized carbons (Fsp3) is 0.643. The average molecular weight is 331 g/mol. The van der Waals surface area contributed by atoms with Crippen LogP contribution in [0.5, 0.6) is 0 Å². The van der Waals surface area contributed by atoms with Crippen molar-refractivity contribution >= 4 is 27.3 Å². The van der Waals surface area contributed by atoms with Crippen LogP contribution in [0.25, 0.3) is 0 Å². The lowest BCUT2D eigenvalue weighted by molar-refractivity contribution is 0.0702. The van der Waals surface area contributed by atoms with E-state index in [0.717, 1.165) is 30.6 Å². The maximum Gasteiger partial charge on any atom is 0.345 e. The second-order valence-corrected chi connectivity index (χ2v) is 8.70. The Bertz CT molecular complexity index is 621. The number of carbonyl (C=O) groups is 1. The van der Waals surface area contributed by atoms with E-state index in [1.54, 1.807) is 6.92 Å². The first-order chi connectivity index (χ1) is 9.81. The van der Waals surface area contributed by atoms with Gasteiger partial charge in [-0.05, 0) is 31.2 Å². The van der Waals surface area contributed by atoms with E-state index in [1.807, 2.05) is 0 Å². The molecule has 2 rings (SSSR count). The summed E-state index contributed by atoms with van der Waals surface area (Å²) in [5.74, 6) is -0.198. The second kappa shape index (κ2) is 6.46. The molecule has 1 saturated carbocycles. The number of carboxylic acids is 1. The molecule has 0 aliphatic heterocycles. The fourth-order valence-corrected chi connectivity index (χ4v) is 5.35. The Morgan fingerprint density at radius 2 is 2.10 bits per heavy atom. The molecule has 2 atom stereocenters. The minimum Gasteiger partial charge on any atom is -0.477 e. The zero-order chi connectivity index (χ0) is 15.6. The third-order valence-electron chi connectivity index (χ3n) is 4.20. The number of carboxylic acid groups (broad SMARTS) is 1. The summed E-state index contributed by atoms with van der Waals surface area (Å²) in [6.07, 6.45) is 4.56. The fourth-order valence-electron chi connectivity index (χ4n) is 2.83. The Kier molecular flexibility index (Phi) is 5.06. The summed E-state index contributed by atoms with van der Waals surface area (Å²) in [6, 6.07) is 1.25. The van der Waals surface area contributed by atoms with Gasteiger partial charge in [-0.15, -0.1) is 11.3 Å². The molecule has 0 radical (unpaired) electrons. The van der Waals surface area contributed by atoms with Crippen LogP contribution >= 0.6 is 11.3 Å². The van der Waals surface area contributed by atoms with Gasteiger partial charge in [0.2, 0.25) is 10.0 Å². The van der Waals surface area contributed by atoms with Crippen molar-refractivity contribution in [2.45, 2.75) is 44.4 Å². The Balaban J connectivity index is 2.09. The van der Waals surface area contributed by atoms with Gasteiger partial charge in [0.1, 0.15) is 4.88 Å². The molecule has 7 heteroatoms. The zero-order valence-corrected chi connectivity index (χ0v) is 13.9. The van der Waals surface area contributed by atoms with E-state index in [1.165, 1.54) is 12.5 Å². The van der Waals surface area contributed by atoms with E-state index in [2.05, 4.69) is 11.6 Å². The zero-order valence-electron chi connectivity index (χ0n) is 12.3. The second-order valence-electron chi connectivity index (χ2n) is 5.71. The van der Waals surface area contributed by atoms with Crippen LogP contribution in [0.15, 0.2) is 11.0 Å². The van der Waals surface area contributed by atoms with Crippen LogP contribution in [0, 0.1) is 18.8 Å². The SMILES string of the molecule is Cc1sc(C(=O)O)cc1S(=O)(=O)NCC1CCCCC1C. The Morgan fingerprint density at radius 1 is 1.43 bits per heavy atom. The predicted octanol–water partition coefficient (Wildman–Crippen LogP) is 2.86. The number of aromatic carboxylic acids is 1. The molecule has 0 bridgehead atoms. The standard InChI is InChI=1S/C14H21NO4S2/c1-9-5-3-4-6-11(9)8-15-21(18,19)13-7-12(14(16)17)20-10(13)2/h7,9,11,15H,3-6,8H2,1-2H3,(H,16,17). The molecule has 1 aliphatic carbocycles. The highest BCUT2D eigenvalue weighted by atomic mass is 32.2. The van der Waals surface area contributed by atoms with E-state index in [9.17, 15) is 13.2 Å². The van der Waals surface area contributed by atoms with Gasteiger partial charge in [0, 0.05) is 11.4 Å². The van der Waals surface area contributed by atoms with Gasteiger partial charge in [-0.3, -0.25) is 0 Å². The minimum atomic E-state index is -3.63. The van der Waals surface area contributed by atoms with Crippen LogP contribution < -0.4 is 4.72 Å². The van der Waals surface area contributed by atoms with Crippen molar-refractivity contribution in [3.63, 3.8) is 0 Å². The van der Waals surface area contributed by atoms with Gasteiger partial charge in [-0.2, -0.15) is 0 Å². The van der Waals surface area contributed by atoms with Gasteiger partial charge in [0.15, 0.2) is 0 Å². The Hall–Kier alpha value is -0.920. The van der Waals surface area contributed by atoms with Gasteiger partial charge in [-0.1, -0.05) is 26.2 Å². The first-order valence-electron chi connectivity index (χ1n) is 7.14. The molecule has 1 aromatic heterocycles. The summed E-state index contributed by atoms with van der Waals surface area (Å²) in [5, 5.41) is 8.95. The molecule has 1 aliphatic rings. The van der Waals surface area contributed by atoms with E-state index >= 15 is 0 Å². The summed E-state index contributed by atoms with van der Waals surface area (Å²) in [4.78, 5) is 11.6. The number of aryl methyl sites for hydroxylation is 1. The highest BCUT2D eigenvalue weighted by molar-refractivity contribution is 7.89. The van der Waals surface area contributed by atoms with E-state index in [0.29, 0.717) is 23.3 Å². The van der Waals surface area contributed by atoms with Crippen molar-refractivity contribution in [3.05, 3.63) is 15.8 Å². The van der Waals surface area contributed by atoms with Crippen molar-refractivity contribution in [3.8, 4) is 0 Å². The molecule has 0 aromatic carbocycles. The van der Waals surface area contributed by atoms with Crippen molar-refractivity contribution < 1.29 is 18.3 Å². The number of rotatable bonds is 5. The summed E-state index contributed by atoms with van der Waals surface area (Å²) in [7, 11) is -3.63. The van der Waals surface area contributed by atoms with Crippen molar-refractivity contribution in [2.24, 2.45) is 11.8 Å². The Morgan fingerprint density at radius 3 is 2.67 bits per heavy atom. The molecule has 2 unspecified atom stereocenters. The summed E-state index contributed by atoms with van der Waals surface area (Å²) >= 11 is 0.993. The maximum atomic E-state index is 12.3. The molecular weight excluding hydrogens is 310 g/mol. The van der Waals surface area contributed by atoms with Crippen molar-refractivity contribution in [1.29, 1.82) is 0 Å². The van der Waals surface area contributed by atoms with Crippen molar-refractivity contribution in [2.75, 3.05) is 6.54 Å². The highest BCUT2D eigenvalue weighted by Crippen LogP contribution is 2.30. The van der Waals surface area contributed by atoms with Crippen molar-refractivity contribution in [1.82, 2.24) is 4.72 Å². The minimum absolute atomic E-state index is 0.0545. The predicted molar refractivity (Wildman–Crippen MR) is 82.3 cm³/mol. The third-order valence-corrected chi connectivity index (χ3v) is 6.91. The monoisotopic (exact) mass is 331 g/mol. The third kappa shape index (κ3) is 3.84. The molecule has 118 valence electrons. The highest BCUT2D eigenvalue weighted by Gasteiger charge is 2.26. The van der Waals surface area contributed by atoms with Crippen LogP contribution in [-0.4, -0.2) is 26.0 Å². The maximum absolute atomic E-state index is 12.3. The van der Waals surface area contributed by atoms with Gasteiger partial charge < -0.3 is 5.11 Å². The average Bonchev–Trinajstić information content (AvgIpc) is 2.81. The molecule has 1 heterocycles. The van der Waals surface area contributed by atoms with E-state index in [4.69, 9.17) is 5.11 Å². The number of hydrogen-bond acceptors (Lipinski definition) is 4. The summed E-state index contributed by atoms with van der Waals surface area (Å²) < 4.78 is 27.3. The van der Waals surface area contributed by atoms with Crippen LogP contribution in [0.2, 0.25) is 0 Å². The Labute approximate surface area is 129 Å². The van der Waals surface area contributed by atoms with Gasteiger partial charge in [-0.25, -0.2) is 17.9 Å². The first kappa shape index (κ1) is 16.5. The topological polar surface area (TPSA) is 83.5 Å². The molecule has 1 aromatic rings. The lowest BCUT2D eigenvalue weighted by Crippen LogP contribution is -2.33. The molecule has 5 nitrogen and oxygen atoms in total. The summed E-state index contributed by atoms with van der Waals surface area (Å²) in [6.45, 7) is 4.23. The van der Waals surface area contributed by atoms with Crippen LogP contribution in [-0.2, 0) is 10.0 Å². The smallest absolute Gasteiger partial charge is 0.345 e. The first-order valence-corrected chi connectivity index (χ1v) is 9.44. The lowest BCUT2D eigenvalue weighted by atomic mass is 9.81. The van der Waals surface area contributed by atoms with Gasteiger partial charge >= 0.3 is 5.97 Å². The molecule has 1 fully saturated rings. The number of sulfonamides is 1. The van der Waals surface area contributed by atoms with E-state index in [-0.39, 0.29) is 9.77 Å². The van der Waals surface area contributed by atoms with Crippen LogP contribution in [0.1, 0.15) is 47.2 Å². The molecule has 0 amide bonds. The number of hydrogen-bond donors (Lipinski definition) is 2. The quantitative estimate of drug-likeness (QED) is 0.869. The van der Waals surface area contributed by atoms with Gasteiger partial charge in [0.05, 0.1) is 4.90 Å². The molecule has 21 heavy (non-hydrogen) atoms. The van der Waals surface area contributed by atoms with Crippen LogP contribution in [0.3, 0.4) is 0 Å².